The second-order valence-electron chi connectivity index (χ2n) is 7.23. The highest BCUT2D eigenvalue weighted by Gasteiger charge is 2.31. The zero-order chi connectivity index (χ0) is 16.4. The predicted octanol–water partition coefficient (Wildman–Crippen LogP) is 2.22. The molecule has 1 aromatic heterocycles. The molecule has 0 unspecified atom stereocenters. The Morgan fingerprint density at radius 1 is 1.26 bits per heavy atom. The number of rotatable bonds is 6. The summed E-state index contributed by atoms with van der Waals surface area (Å²) in [6.45, 7) is 10.7. The third-order valence-corrected chi connectivity index (χ3v) is 5.31. The van der Waals surface area contributed by atoms with Crippen LogP contribution in [-0.2, 0) is 11.3 Å². The summed E-state index contributed by atoms with van der Waals surface area (Å²) in [6, 6.07) is 2.81. The van der Waals surface area contributed by atoms with E-state index < -0.39 is 0 Å². The van der Waals surface area contributed by atoms with E-state index in [4.69, 9.17) is 0 Å². The van der Waals surface area contributed by atoms with Gasteiger partial charge < -0.3 is 4.90 Å². The average Bonchev–Trinajstić information content (AvgIpc) is 3.32. The Bertz CT molecular complexity index is 541. The first kappa shape index (κ1) is 16.5. The molecule has 0 radical (unpaired) electrons. The lowest BCUT2D eigenvalue weighted by atomic mass is 9.96. The van der Waals surface area contributed by atoms with Gasteiger partial charge in [-0.3, -0.25) is 14.4 Å². The monoisotopic (exact) mass is 318 g/mol. The van der Waals surface area contributed by atoms with Crippen LogP contribution in [0.15, 0.2) is 6.07 Å². The predicted molar refractivity (Wildman–Crippen MR) is 91.3 cm³/mol. The Kier molecular flexibility index (Phi) is 5.05. The molecule has 2 aliphatic rings. The number of likely N-dealkylation sites (N-methyl/N-ethyl adjacent to an activating group) is 1. The summed E-state index contributed by atoms with van der Waals surface area (Å²) in [5, 5.41) is 4.56. The summed E-state index contributed by atoms with van der Waals surface area (Å²) >= 11 is 0. The van der Waals surface area contributed by atoms with Crippen molar-refractivity contribution in [3.63, 3.8) is 0 Å². The number of nitrogens with zero attached hydrogens (tertiary/aromatic N) is 4. The molecule has 0 bridgehead atoms. The van der Waals surface area contributed by atoms with Crippen LogP contribution in [0.2, 0.25) is 0 Å². The number of hydrogen-bond acceptors (Lipinski definition) is 3. The van der Waals surface area contributed by atoms with Crippen molar-refractivity contribution in [1.82, 2.24) is 19.6 Å². The van der Waals surface area contributed by atoms with Crippen molar-refractivity contribution in [3.8, 4) is 0 Å². The number of aromatic nitrogens is 2. The number of aryl methyl sites for hydroxylation is 2. The Morgan fingerprint density at radius 2 is 1.96 bits per heavy atom. The van der Waals surface area contributed by atoms with E-state index in [1.165, 1.54) is 18.5 Å². The standard InChI is InChI=1S/C18H30N4O/c1-4-20(17-5-6-17)13-18(23)21-9-7-16(8-10-21)12-22-15(3)11-14(2)19-22/h11,16-17H,4-10,12-13H2,1-3H3. The van der Waals surface area contributed by atoms with Gasteiger partial charge in [-0.2, -0.15) is 5.10 Å². The van der Waals surface area contributed by atoms with E-state index in [0.717, 1.165) is 44.7 Å². The topological polar surface area (TPSA) is 41.4 Å². The van der Waals surface area contributed by atoms with Gasteiger partial charge in [-0.05, 0) is 58.1 Å². The molecule has 1 amide bonds. The number of hydrogen-bond donors (Lipinski definition) is 0. The van der Waals surface area contributed by atoms with Crippen LogP contribution < -0.4 is 0 Å². The van der Waals surface area contributed by atoms with Gasteiger partial charge in [-0.15, -0.1) is 0 Å². The highest BCUT2D eigenvalue weighted by molar-refractivity contribution is 5.78. The molecule has 0 spiro atoms. The van der Waals surface area contributed by atoms with Gasteiger partial charge in [0.2, 0.25) is 5.91 Å². The van der Waals surface area contributed by atoms with E-state index >= 15 is 0 Å². The minimum Gasteiger partial charge on any atom is -0.342 e. The number of piperidine rings is 1. The van der Waals surface area contributed by atoms with Gasteiger partial charge in [0.1, 0.15) is 0 Å². The quantitative estimate of drug-likeness (QED) is 0.807. The smallest absolute Gasteiger partial charge is 0.236 e. The van der Waals surface area contributed by atoms with Crippen molar-refractivity contribution in [1.29, 1.82) is 0 Å². The maximum absolute atomic E-state index is 12.5. The van der Waals surface area contributed by atoms with Crippen molar-refractivity contribution >= 4 is 5.91 Å². The largest absolute Gasteiger partial charge is 0.342 e. The number of amides is 1. The summed E-state index contributed by atoms with van der Waals surface area (Å²) in [6.07, 6.45) is 4.73. The Morgan fingerprint density at radius 3 is 2.48 bits per heavy atom. The Balaban J connectivity index is 1.46. The van der Waals surface area contributed by atoms with Crippen molar-refractivity contribution in [2.24, 2.45) is 5.92 Å². The maximum atomic E-state index is 12.5. The molecule has 5 heteroatoms. The minimum atomic E-state index is 0.323. The van der Waals surface area contributed by atoms with Crippen LogP contribution in [-0.4, -0.2) is 57.7 Å². The van der Waals surface area contributed by atoms with Gasteiger partial charge in [-0.25, -0.2) is 0 Å². The van der Waals surface area contributed by atoms with Crippen molar-refractivity contribution in [3.05, 3.63) is 17.5 Å². The van der Waals surface area contributed by atoms with E-state index in [1.807, 2.05) is 6.92 Å². The fourth-order valence-corrected chi connectivity index (χ4v) is 3.68. The molecular weight excluding hydrogens is 288 g/mol. The lowest BCUT2D eigenvalue weighted by Crippen LogP contribution is -2.45. The first-order valence-corrected chi connectivity index (χ1v) is 9.09. The zero-order valence-corrected chi connectivity index (χ0v) is 14.8. The van der Waals surface area contributed by atoms with Crippen LogP contribution in [0.25, 0.3) is 0 Å². The van der Waals surface area contributed by atoms with Crippen molar-refractivity contribution in [2.75, 3.05) is 26.2 Å². The van der Waals surface area contributed by atoms with E-state index in [1.54, 1.807) is 0 Å². The van der Waals surface area contributed by atoms with E-state index in [-0.39, 0.29) is 0 Å². The Hall–Kier alpha value is -1.36. The zero-order valence-electron chi connectivity index (χ0n) is 14.8. The molecule has 5 nitrogen and oxygen atoms in total. The summed E-state index contributed by atoms with van der Waals surface area (Å²) in [5.74, 6) is 0.964. The van der Waals surface area contributed by atoms with Gasteiger partial charge in [-0.1, -0.05) is 6.92 Å². The van der Waals surface area contributed by atoms with Gasteiger partial charge in [0.15, 0.2) is 0 Å². The van der Waals surface area contributed by atoms with Gasteiger partial charge in [0.05, 0.1) is 12.2 Å². The summed E-state index contributed by atoms with van der Waals surface area (Å²) in [5.41, 5.74) is 2.33. The third-order valence-electron chi connectivity index (χ3n) is 5.31. The molecule has 128 valence electrons. The summed E-state index contributed by atoms with van der Waals surface area (Å²) in [7, 11) is 0. The fourth-order valence-electron chi connectivity index (χ4n) is 3.68. The van der Waals surface area contributed by atoms with Crippen LogP contribution in [0.3, 0.4) is 0 Å². The lowest BCUT2D eigenvalue weighted by Gasteiger charge is -2.33. The van der Waals surface area contributed by atoms with Crippen LogP contribution in [0.5, 0.6) is 0 Å². The number of likely N-dealkylation sites (tertiary alicyclic amines) is 1. The average molecular weight is 318 g/mol. The van der Waals surface area contributed by atoms with Crippen LogP contribution in [0, 0.1) is 19.8 Å². The van der Waals surface area contributed by atoms with E-state index in [9.17, 15) is 4.79 Å². The van der Waals surface area contributed by atoms with E-state index in [2.05, 4.69) is 39.5 Å². The highest BCUT2D eigenvalue weighted by atomic mass is 16.2. The number of carbonyl (C=O) groups is 1. The normalized spacial score (nSPS) is 19.6. The molecule has 1 aromatic rings. The third kappa shape index (κ3) is 4.14. The molecule has 1 aliphatic carbocycles. The van der Waals surface area contributed by atoms with Crippen molar-refractivity contribution in [2.45, 2.75) is 59.0 Å². The first-order valence-electron chi connectivity index (χ1n) is 9.09. The summed E-state index contributed by atoms with van der Waals surface area (Å²) < 4.78 is 2.13. The highest BCUT2D eigenvalue weighted by Crippen LogP contribution is 2.27. The second-order valence-corrected chi connectivity index (χ2v) is 7.23. The molecule has 2 heterocycles. The fraction of sp³-hybridized carbons (Fsp3) is 0.778. The van der Waals surface area contributed by atoms with Crippen LogP contribution in [0.4, 0.5) is 0 Å². The van der Waals surface area contributed by atoms with Crippen molar-refractivity contribution < 1.29 is 4.79 Å². The molecule has 1 saturated carbocycles. The molecule has 3 rings (SSSR count). The second kappa shape index (κ2) is 7.04. The molecule has 0 N–H and O–H groups in total. The maximum Gasteiger partial charge on any atom is 0.236 e. The molecule has 0 aromatic carbocycles. The molecular formula is C18H30N4O. The van der Waals surface area contributed by atoms with Crippen LogP contribution >= 0.6 is 0 Å². The van der Waals surface area contributed by atoms with Gasteiger partial charge >= 0.3 is 0 Å². The van der Waals surface area contributed by atoms with E-state index in [0.29, 0.717) is 24.4 Å². The van der Waals surface area contributed by atoms with Gasteiger partial charge in [0, 0.05) is 31.4 Å². The first-order chi connectivity index (χ1) is 11.1. The Labute approximate surface area is 139 Å². The van der Waals surface area contributed by atoms with Crippen LogP contribution in [0.1, 0.15) is 44.0 Å². The molecule has 0 atom stereocenters. The molecule has 1 aliphatic heterocycles. The SMILES string of the molecule is CCN(CC(=O)N1CCC(Cn2nc(C)cc2C)CC1)C1CC1. The molecule has 1 saturated heterocycles. The lowest BCUT2D eigenvalue weighted by molar-refractivity contribution is -0.134. The molecule has 23 heavy (non-hydrogen) atoms. The molecule has 2 fully saturated rings. The summed E-state index contributed by atoms with van der Waals surface area (Å²) in [4.78, 5) is 16.9. The minimum absolute atomic E-state index is 0.323. The number of carbonyl (C=O) groups excluding carboxylic acids is 1. The van der Waals surface area contributed by atoms with Gasteiger partial charge in [0.25, 0.3) is 0 Å².